The first kappa shape index (κ1) is 22.5. The number of piperazine rings is 1. The Morgan fingerprint density at radius 3 is 1.65 bits per heavy atom. The van der Waals surface area contributed by atoms with E-state index in [1.165, 1.54) is 45.6 Å². The number of hydrogen-bond donors (Lipinski definition) is 1. The third-order valence-electron chi connectivity index (χ3n) is 2.42. The SMILES string of the molecule is CC.CC.CCCCN1CCN(C)CC1.CS. The molecule has 0 N–H and O–H groups in total. The van der Waals surface area contributed by atoms with Crippen LogP contribution in [0.5, 0.6) is 0 Å². The quantitative estimate of drug-likeness (QED) is 0.778. The van der Waals surface area contributed by atoms with Gasteiger partial charge in [-0.15, -0.1) is 0 Å². The molecule has 1 aliphatic heterocycles. The molecule has 0 bridgehead atoms. The van der Waals surface area contributed by atoms with Crippen LogP contribution in [0.4, 0.5) is 0 Å². The first-order valence-electron chi connectivity index (χ1n) is 7.18. The molecule has 0 aromatic rings. The van der Waals surface area contributed by atoms with E-state index in [9.17, 15) is 0 Å². The van der Waals surface area contributed by atoms with Gasteiger partial charge in [-0.3, -0.25) is 0 Å². The molecule has 0 aromatic carbocycles. The molecule has 0 amide bonds. The summed E-state index contributed by atoms with van der Waals surface area (Å²) in [6.45, 7) is 16.6. The van der Waals surface area contributed by atoms with E-state index >= 15 is 0 Å². The number of unbranched alkanes of at least 4 members (excludes halogenated alkanes) is 1. The Morgan fingerprint density at radius 1 is 0.882 bits per heavy atom. The van der Waals surface area contributed by atoms with E-state index in [2.05, 4.69) is 36.4 Å². The van der Waals surface area contributed by atoms with Crippen molar-refractivity contribution in [2.45, 2.75) is 47.5 Å². The second-order valence-electron chi connectivity index (χ2n) is 3.50. The smallest absolute Gasteiger partial charge is 0.0110 e. The monoisotopic (exact) mass is 264 g/mol. The molecule has 108 valence electrons. The third kappa shape index (κ3) is 16.3. The standard InChI is InChI=1S/C9H20N2.2C2H6.CH4S/c1-3-4-5-11-8-6-10(2)7-9-11;3*1-2/h3-9H2,1-2H3;2*1-2H3;2H,1H3. The van der Waals surface area contributed by atoms with Crippen LogP contribution >= 0.6 is 12.6 Å². The van der Waals surface area contributed by atoms with Gasteiger partial charge in [0.1, 0.15) is 0 Å². The molecule has 1 heterocycles. The van der Waals surface area contributed by atoms with Crippen LogP contribution in [0.3, 0.4) is 0 Å². The molecule has 0 aliphatic carbocycles. The van der Waals surface area contributed by atoms with Gasteiger partial charge in [0.25, 0.3) is 0 Å². The minimum atomic E-state index is 1.25. The van der Waals surface area contributed by atoms with Crippen molar-refractivity contribution in [3.05, 3.63) is 0 Å². The van der Waals surface area contributed by atoms with Crippen LogP contribution in [0.25, 0.3) is 0 Å². The molecule has 1 saturated heterocycles. The third-order valence-corrected chi connectivity index (χ3v) is 2.42. The minimum absolute atomic E-state index is 1.25. The molecule has 0 aromatic heterocycles. The van der Waals surface area contributed by atoms with Crippen LogP contribution < -0.4 is 0 Å². The number of thiol groups is 1. The van der Waals surface area contributed by atoms with Crippen LogP contribution in [0.1, 0.15) is 47.5 Å². The zero-order valence-corrected chi connectivity index (χ0v) is 14.2. The predicted octanol–water partition coefficient (Wildman–Crippen LogP) is 3.63. The molecule has 1 rings (SSSR count). The van der Waals surface area contributed by atoms with Crippen molar-refractivity contribution < 1.29 is 0 Å². The molecule has 0 spiro atoms. The van der Waals surface area contributed by atoms with Crippen LogP contribution in [-0.4, -0.2) is 55.8 Å². The molecule has 1 aliphatic rings. The van der Waals surface area contributed by atoms with Gasteiger partial charge >= 0.3 is 0 Å². The Balaban J connectivity index is -0.000000285. The van der Waals surface area contributed by atoms with Crippen molar-refractivity contribution in [1.29, 1.82) is 0 Å². The fraction of sp³-hybridized carbons (Fsp3) is 1.00. The van der Waals surface area contributed by atoms with Gasteiger partial charge in [0.2, 0.25) is 0 Å². The van der Waals surface area contributed by atoms with E-state index in [-0.39, 0.29) is 0 Å². The summed E-state index contributed by atoms with van der Waals surface area (Å²) in [7, 11) is 2.21. The summed E-state index contributed by atoms with van der Waals surface area (Å²) in [4.78, 5) is 4.98. The summed E-state index contributed by atoms with van der Waals surface area (Å²) in [6.07, 6.45) is 4.38. The van der Waals surface area contributed by atoms with Crippen molar-refractivity contribution in [1.82, 2.24) is 9.80 Å². The molecule has 0 unspecified atom stereocenters. The van der Waals surface area contributed by atoms with Gasteiger partial charge in [-0.05, 0) is 26.3 Å². The first-order valence-corrected chi connectivity index (χ1v) is 8.08. The van der Waals surface area contributed by atoms with Gasteiger partial charge in [-0.1, -0.05) is 41.0 Å². The van der Waals surface area contributed by atoms with E-state index < -0.39 is 0 Å². The first-order chi connectivity index (χ1) is 8.33. The second kappa shape index (κ2) is 21.5. The molecule has 0 atom stereocenters. The lowest BCUT2D eigenvalue weighted by Crippen LogP contribution is -2.44. The van der Waals surface area contributed by atoms with E-state index in [0.29, 0.717) is 0 Å². The van der Waals surface area contributed by atoms with Gasteiger partial charge < -0.3 is 9.80 Å². The van der Waals surface area contributed by atoms with Crippen LogP contribution in [-0.2, 0) is 0 Å². The number of hydrogen-bond acceptors (Lipinski definition) is 3. The van der Waals surface area contributed by atoms with E-state index in [1.54, 1.807) is 6.26 Å². The Bertz CT molecular complexity index is 99.6. The maximum absolute atomic E-state index is 3.53. The van der Waals surface area contributed by atoms with E-state index in [4.69, 9.17) is 0 Å². The maximum Gasteiger partial charge on any atom is 0.0110 e. The molecular formula is C14H36N2S. The molecule has 1 fully saturated rings. The predicted molar refractivity (Wildman–Crippen MR) is 86.5 cm³/mol. The molecule has 3 heteroatoms. The second-order valence-corrected chi connectivity index (χ2v) is 3.50. The lowest BCUT2D eigenvalue weighted by atomic mass is 10.3. The molecule has 0 saturated carbocycles. The van der Waals surface area contributed by atoms with Gasteiger partial charge in [-0.2, -0.15) is 12.6 Å². The Hall–Kier alpha value is 0.270. The normalized spacial score (nSPS) is 15.5. The fourth-order valence-corrected chi connectivity index (χ4v) is 1.45. The highest BCUT2D eigenvalue weighted by Crippen LogP contribution is 2.00. The van der Waals surface area contributed by atoms with E-state index in [0.717, 1.165) is 0 Å². The molecular weight excluding hydrogens is 228 g/mol. The zero-order valence-electron chi connectivity index (χ0n) is 13.3. The fourth-order valence-electron chi connectivity index (χ4n) is 1.45. The van der Waals surface area contributed by atoms with Gasteiger partial charge in [0, 0.05) is 26.2 Å². The summed E-state index contributed by atoms with van der Waals surface area (Å²) in [5, 5.41) is 0. The van der Waals surface area contributed by atoms with Crippen molar-refractivity contribution >= 4 is 12.6 Å². The highest BCUT2D eigenvalue weighted by atomic mass is 32.1. The van der Waals surface area contributed by atoms with Gasteiger partial charge in [0.05, 0.1) is 0 Å². The average Bonchev–Trinajstić information content (AvgIpc) is 2.45. The highest BCUT2D eigenvalue weighted by molar-refractivity contribution is 7.79. The zero-order chi connectivity index (χ0) is 14.1. The van der Waals surface area contributed by atoms with Gasteiger partial charge in [-0.25, -0.2) is 0 Å². The van der Waals surface area contributed by atoms with E-state index in [1.807, 2.05) is 27.7 Å². The lowest BCUT2D eigenvalue weighted by Gasteiger charge is -2.32. The number of rotatable bonds is 3. The van der Waals surface area contributed by atoms with Crippen LogP contribution in [0.2, 0.25) is 0 Å². The minimum Gasteiger partial charge on any atom is -0.304 e. The maximum atomic E-state index is 3.53. The van der Waals surface area contributed by atoms with Crippen molar-refractivity contribution in [3.8, 4) is 0 Å². The molecule has 2 nitrogen and oxygen atoms in total. The Morgan fingerprint density at radius 2 is 1.29 bits per heavy atom. The molecule has 0 radical (unpaired) electrons. The van der Waals surface area contributed by atoms with Crippen molar-refractivity contribution in [3.63, 3.8) is 0 Å². The lowest BCUT2D eigenvalue weighted by molar-refractivity contribution is 0.152. The largest absolute Gasteiger partial charge is 0.304 e. The Kier molecular flexibility index (Phi) is 28.5. The highest BCUT2D eigenvalue weighted by Gasteiger charge is 2.11. The van der Waals surface area contributed by atoms with Crippen LogP contribution in [0, 0.1) is 0 Å². The van der Waals surface area contributed by atoms with Crippen LogP contribution in [0.15, 0.2) is 0 Å². The van der Waals surface area contributed by atoms with Crippen molar-refractivity contribution in [2.24, 2.45) is 0 Å². The average molecular weight is 265 g/mol. The number of likely N-dealkylation sites (N-methyl/N-ethyl adjacent to an activating group) is 1. The summed E-state index contributed by atoms with van der Waals surface area (Å²) in [5.41, 5.74) is 0. The summed E-state index contributed by atoms with van der Waals surface area (Å²) >= 11 is 3.53. The topological polar surface area (TPSA) is 6.48 Å². The summed E-state index contributed by atoms with van der Waals surface area (Å²) < 4.78 is 0. The Labute approximate surface area is 116 Å². The summed E-state index contributed by atoms with van der Waals surface area (Å²) in [6, 6.07) is 0. The van der Waals surface area contributed by atoms with Gasteiger partial charge in [0.15, 0.2) is 0 Å². The number of nitrogens with zero attached hydrogens (tertiary/aromatic N) is 2. The summed E-state index contributed by atoms with van der Waals surface area (Å²) in [5.74, 6) is 0. The van der Waals surface area contributed by atoms with Crippen molar-refractivity contribution in [2.75, 3.05) is 46.0 Å². The molecule has 17 heavy (non-hydrogen) atoms.